The van der Waals surface area contributed by atoms with E-state index in [0.29, 0.717) is 24.6 Å². The van der Waals surface area contributed by atoms with Crippen LogP contribution < -0.4 is 4.90 Å². The van der Waals surface area contributed by atoms with E-state index in [1.165, 1.54) is 17.9 Å². The Morgan fingerprint density at radius 2 is 2.12 bits per heavy atom. The zero-order valence-corrected chi connectivity index (χ0v) is 16.5. The van der Waals surface area contributed by atoms with Crippen LogP contribution in [0.2, 0.25) is 0 Å². The molecule has 0 spiro atoms. The van der Waals surface area contributed by atoms with E-state index >= 15 is 0 Å². The Balaban J connectivity index is 2.21. The summed E-state index contributed by atoms with van der Waals surface area (Å²) >= 11 is 1.19. The number of carbonyl (C=O) groups is 2. The van der Waals surface area contributed by atoms with Gasteiger partial charge in [-0.1, -0.05) is 13.8 Å². The summed E-state index contributed by atoms with van der Waals surface area (Å²) in [5.74, 6) is 0.183. The Hall–Kier alpha value is -1.70. The Kier molecular flexibility index (Phi) is 6.37. The fourth-order valence-electron chi connectivity index (χ4n) is 2.82. The van der Waals surface area contributed by atoms with Crippen molar-refractivity contribution in [2.45, 2.75) is 65.5 Å². The molecule has 0 N–H and O–H groups in total. The standard InChI is InChI=1S/C17H28N4O3S/c1-12(2)10-21(15-18-11-19-25-15)14(22)13-8-6-7-9-20(13)16(23)24-17(3,4)5/h11-13H,6-10H2,1-5H3. The third-order valence-corrected chi connectivity index (χ3v) is 4.50. The molecule has 1 saturated heterocycles. The van der Waals surface area contributed by atoms with Gasteiger partial charge in [-0.15, -0.1) is 0 Å². The van der Waals surface area contributed by atoms with Gasteiger partial charge in [-0.05, 0) is 46.0 Å². The number of hydrogen-bond acceptors (Lipinski definition) is 6. The summed E-state index contributed by atoms with van der Waals surface area (Å²) in [7, 11) is 0. The van der Waals surface area contributed by atoms with Crippen LogP contribution in [0, 0.1) is 5.92 Å². The SMILES string of the molecule is CC(C)CN(C(=O)C1CCCCN1C(=O)OC(C)(C)C)c1ncns1. The summed E-state index contributed by atoms with van der Waals surface area (Å²) in [5, 5.41) is 0.577. The lowest BCUT2D eigenvalue weighted by Crippen LogP contribution is -2.54. The summed E-state index contributed by atoms with van der Waals surface area (Å²) in [6.45, 7) is 10.7. The zero-order chi connectivity index (χ0) is 18.6. The number of rotatable bonds is 4. The van der Waals surface area contributed by atoms with Crippen LogP contribution in [0.25, 0.3) is 0 Å². The zero-order valence-electron chi connectivity index (χ0n) is 15.7. The molecule has 2 heterocycles. The van der Waals surface area contributed by atoms with Crippen LogP contribution in [0.4, 0.5) is 9.93 Å². The molecule has 0 aliphatic carbocycles. The van der Waals surface area contributed by atoms with Crippen molar-refractivity contribution in [3.63, 3.8) is 0 Å². The first kappa shape index (κ1) is 19.6. The van der Waals surface area contributed by atoms with E-state index in [2.05, 4.69) is 9.36 Å². The van der Waals surface area contributed by atoms with Gasteiger partial charge in [-0.2, -0.15) is 4.37 Å². The minimum absolute atomic E-state index is 0.101. The molecule has 0 radical (unpaired) electrons. The molecule has 140 valence electrons. The highest BCUT2D eigenvalue weighted by atomic mass is 32.1. The van der Waals surface area contributed by atoms with Crippen molar-refractivity contribution in [2.75, 3.05) is 18.0 Å². The van der Waals surface area contributed by atoms with E-state index in [0.717, 1.165) is 12.8 Å². The second-order valence-electron chi connectivity index (χ2n) is 7.75. The molecule has 1 aliphatic heterocycles. The van der Waals surface area contributed by atoms with Gasteiger partial charge < -0.3 is 4.74 Å². The van der Waals surface area contributed by atoms with Crippen LogP contribution >= 0.6 is 11.5 Å². The molecule has 0 aromatic carbocycles. The van der Waals surface area contributed by atoms with E-state index < -0.39 is 17.7 Å². The average Bonchev–Trinajstić information content (AvgIpc) is 3.04. The van der Waals surface area contributed by atoms with Crippen LogP contribution in [0.5, 0.6) is 0 Å². The van der Waals surface area contributed by atoms with Crippen molar-refractivity contribution in [2.24, 2.45) is 5.92 Å². The van der Waals surface area contributed by atoms with E-state index in [-0.39, 0.29) is 11.8 Å². The summed E-state index contributed by atoms with van der Waals surface area (Å²) in [5.41, 5.74) is -0.584. The average molecular weight is 369 g/mol. The van der Waals surface area contributed by atoms with Crippen molar-refractivity contribution < 1.29 is 14.3 Å². The third-order valence-electron chi connectivity index (χ3n) is 3.81. The highest BCUT2D eigenvalue weighted by molar-refractivity contribution is 7.09. The van der Waals surface area contributed by atoms with Gasteiger partial charge in [-0.3, -0.25) is 14.6 Å². The maximum atomic E-state index is 13.2. The molecule has 8 heteroatoms. The first-order valence-electron chi connectivity index (χ1n) is 8.76. The number of hydrogen-bond donors (Lipinski definition) is 0. The number of nitrogens with zero attached hydrogens (tertiary/aromatic N) is 4. The van der Waals surface area contributed by atoms with Gasteiger partial charge in [0, 0.05) is 24.6 Å². The topological polar surface area (TPSA) is 75.6 Å². The van der Waals surface area contributed by atoms with Gasteiger partial charge in [0.15, 0.2) is 0 Å². The van der Waals surface area contributed by atoms with E-state index in [1.54, 1.807) is 9.80 Å². The summed E-state index contributed by atoms with van der Waals surface area (Å²) in [4.78, 5) is 33.2. The fourth-order valence-corrected chi connectivity index (χ4v) is 3.37. The fraction of sp³-hybridized carbons (Fsp3) is 0.765. The van der Waals surface area contributed by atoms with Gasteiger partial charge in [0.1, 0.15) is 18.0 Å². The normalized spacial score (nSPS) is 18.3. The number of aromatic nitrogens is 2. The molecule has 1 atom stereocenters. The van der Waals surface area contributed by atoms with Crippen molar-refractivity contribution >= 4 is 28.7 Å². The Labute approximate surface area is 153 Å². The number of ether oxygens (including phenoxy) is 1. The predicted octanol–water partition coefficient (Wildman–Crippen LogP) is 3.32. The number of carbonyl (C=O) groups excluding carboxylic acids is 2. The first-order valence-corrected chi connectivity index (χ1v) is 9.54. The smallest absolute Gasteiger partial charge is 0.410 e. The minimum atomic E-state index is -0.584. The largest absolute Gasteiger partial charge is 0.444 e. The quantitative estimate of drug-likeness (QED) is 0.815. The van der Waals surface area contributed by atoms with Crippen LogP contribution in [-0.4, -0.2) is 51.0 Å². The van der Waals surface area contributed by atoms with E-state index in [9.17, 15) is 9.59 Å². The van der Waals surface area contributed by atoms with Crippen molar-refractivity contribution in [1.29, 1.82) is 0 Å². The molecule has 2 amide bonds. The Bertz CT molecular complexity index is 583. The number of piperidine rings is 1. The molecular formula is C17H28N4O3S. The van der Waals surface area contributed by atoms with Gasteiger partial charge in [0.05, 0.1) is 0 Å². The van der Waals surface area contributed by atoms with Crippen LogP contribution in [0.3, 0.4) is 0 Å². The van der Waals surface area contributed by atoms with Crippen molar-refractivity contribution in [3.8, 4) is 0 Å². The Morgan fingerprint density at radius 3 is 2.68 bits per heavy atom. The molecule has 0 saturated carbocycles. The molecule has 1 aliphatic rings. The lowest BCUT2D eigenvalue weighted by molar-refractivity contribution is -0.125. The predicted molar refractivity (Wildman–Crippen MR) is 97.7 cm³/mol. The molecule has 1 unspecified atom stereocenters. The van der Waals surface area contributed by atoms with Crippen LogP contribution in [0.15, 0.2) is 6.33 Å². The second-order valence-corrected chi connectivity index (χ2v) is 8.51. The monoisotopic (exact) mass is 368 g/mol. The number of anilines is 1. The summed E-state index contributed by atoms with van der Waals surface area (Å²) < 4.78 is 9.51. The highest BCUT2D eigenvalue weighted by Gasteiger charge is 2.38. The molecule has 2 rings (SSSR count). The molecule has 7 nitrogen and oxygen atoms in total. The van der Waals surface area contributed by atoms with Crippen molar-refractivity contribution in [1.82, 2.24) is 14.3 Å². The van der Waals surface area contributed by atoms with Crippen LogP contribution in [0.1, 0.15) is 53.9 Å². The maximum absolute atomic E-state index is 13.2. The molecule has 0 bridgehead atoms. The third kappa shape index (κ3) is 5.39. The lowest BCUT2D eigenvalue weighted by Gasteiger charge is -2.38. The van der Waals surface area contributed by atoms with Crippen molar-refractivity contribution in [3.05, 3.63) is 6.33 Å². The molecule has 1 aromatic rings. The van der Waals surface area contributed by atoms with Gasteiger partial charge >= 0.3 is 6.09 Å². The van der Waals surface area contributed by atoms with E-state index in [4.69, 9.17) is 4.74 Å². The van der Waals surface area contributed by atoms with Gasteiger partial charge in [0.25, 0.3) is 5.91 Å². The lowest BCUT2D eigenvalue weighted by atomic mass is 10.0. The highest BCUT2D eigenvalue weighted by Crippen LogP contribution is 2.25. The van der Waals surface area contributed by atoms with E-state index in [1.807, 2.05) is 34.6 Å². The number of likely N-dealkylation sites (tertiary alicyclic amines) is 1. The number of amides is 2. The molecule has 1 fully saturated rings. The molecule has 1 aromatic heterocycles. The van der Waals surface area contributed by atoms with Gasteiger partial charge in [0.2, 0.25) is 5.13 Å². The summed E-state index contributed by atoms with van der Waals surface area (Å²) in [6, 6.07) is -0.508. The molecule has 25 heavy (non-hydrogen) atoms. The van der Waals surface area contributed by atoms with Crippen LogP contribution in [-0.2, 0) is 9.53 Å². The Morgan fingerprint density at radius 1 is 1.40 bits per heavy atom. The maximum Gasteiger partial charge on any atom is 0.410 e. The summed E-state index contributed by atoms with van der Waals surface area (Å²) in [6.07, 6.45) is 3.47. The minimum Gasteiger partial charge on any atom is -0.444 e. The van der Waals surface area contributed by atoms with Gasteiger partial charge in [-0.25, -0.2) is 9.78 Å². The molecular weight excluding hydrogens is 340 g/mol. The second kappa shape index (κ2) is 8.12. The first-order chi connectivity index (χ1) is 11.7.